The van der Waals surface area contributed by atoms with Crippen LogP contribution in [0.2, 0.25) is 0 Å². The number of rotatable bonds is 7. The smallest absolute Gasteiger partial charge is 0.257 e. The second-order valence-corrected chi connectivity index (χ2v) is 10.0. The van der Waals surface area contributed by atoms with E-state index in [1.165, 1.54) is 0 Å². The molecule has 40 heavy (non-hydrogen) atoms. The second-order valence-electron chi connectivity index (χ2n) is 9.12. The molecule has 4 aromatic carbocycles. The molecule has 0 fully saturated rings. The minimum absolute atomic E-state index is 0.0114. The van der Waals surface area contributed by atoms with Gasteiger partial charge in [-0.25, -0.2) is 0 Å². The first-order valence-corrected chi connectivity index (χ1v) is 13.0. The summed E-state index contributed by atoms with van der Waals surface area (Å²) >= 11 is 3.53. The molecule has 5 rings (SSSR count). The monoisotopic (exact) mass is 596 g/mol. The number of aromatic nitrogens is 1. The molecule has 1 aromatic heterocycles. The first-order valence-electron chi connectivity index (χ1n) is 12.2. The molecule has 0 aliphatic heterocycles. The summed E-state index contributed by atoms with van der Waals surface area (Å²) in [7, 11) is 0. The summed E-state index contributed by atoms with van der Waals surface area (Å²) in [4.78, 5) is 13.6. The maximum atomic E-state index is 13.6. The predicted molar refractivity (Wildman–Crippen MR) is 160 cm³/mol. The van der Waals surface area contributed by atoms with Crippen molar-refractivity contribution >= 4 is 50.1 Å². The van der Waals surface area contributed by atoms with Gasteiger partial charge < -0.3 is 31.8 Å². The van der Waals surface area contributed by atoms with Crippen LogP contribution < -0.4 is 16.8 Å². The van der Waals surface area contributed by atoms with Gasteiger partial charge in [0.05, 0.1) is 5.56 Å². The minimum atomic E-state index is -0.308. The normalized spacial score (nSPS) is 12.0. The molecule has 0 bridgehead atoms. The Hall–Kier alpha value is -5.09. The number of benzene rings is 4. The van der Waals surface area contributed by atoms with Gasteiger partial charge in [0.1, 0.15) is 0 Å². The number of amidine groups is 2. The molecule has 0 aliphatic rings. The summed E-state index contributed by atoms with van der Waals surface area (Å²) in [6, 6.07) is 28.0. The number of hydrogen-bond donors (Lipinski definition) is 5. The van der Waals surface area contributed by atoms with Crippen LogP contribution in [-0.4, -0.2) is 32.6 Å². The third-order valence-corrected chi connectivity index (χ3v) is 6.98. The van der Waals surface area contributed by atoms with Crippen molar-refractivity contribution in [3.05, 3.63) is 124 Å². The number of carbonyl (C=O) groups excluding carboxylic acids is 1. The van der Waals surface area contributed by atoms with Crippen LogP contribution in [0.15, 0.2) is 112 Å². The quantitative estimate of drug-likeness (QED) is 0.0720. The molecule has 0 saturated heterocycles. The maximum Gasteiger partial charge on any atom is 0.257 e. The van der Waals surface area contributed by atoms with Crippen molar-refractivity contribution in [1.29, 1.82) is 0 Å². The van der Waals surface area contributed by atoms with Gasteiger partial charge in [0.2, 0.25) is 0 Å². The molecule has 9 nitrogen and oxygen atoms in total. The Morgan fingerprint density at radius 2 is 1.50 bits per heavy atom. The lowest BCUT2D eigenvalue weighted by Gasteiger charge is -2.08. The van der Waals surface area contributed by atoms with Crippen LogP contribution in [0, 0.1) is 0 Å². The Kier molecular flexibility index (Phi) is 7.52. The molecule has 7 N–H and O–H groups in total. The van der Waals surface area contributed by atoms with Gasteiger partial charge in [-0.15, -0.1) is 0 Å². The van der Waals surface area contributed by atoms with Crippen LogP contribution in [0.5, 0.6) is 0 Å². The van der Waals surface area contributed by atoms with Crippen molar-refractivity contribution < 1.29 is 15.2 Å². The number of fused-ring (bicyclic) bond motifs is 1. The number of nitrogens with two attached hydrogens (primary N) is 2. The van der Waals surface area contributed by atoms with E-state index in [-0.39, 0.29) is 17.6 Å². The topological polar surface area (TPSA) is 151 Å². The minimum Gasteiger partial charge on any atom is -0.409 e. The number of amides is 1. The number of nitrogens with zero attached hydrogens (tertiary/aromatic N) is 3. The fraction of sp³-hybridized carbons (Fsp3) is 0.0333. The van der Waals surface area contributed by atoms with Crippen LogP contribution >= 0.6 is 15.9 Å². The van der Waals surface area contributed by atoms with E-state index in [1.807, 2.05) is 71.4 Å². The first kappa shape index (κ1) is 26.5. The summed E-state index contributed by atoms with van der Waals surface area (Å²) in [5, 5.41) is 27.9. The lowest BCUT2D eigenvalue weighted by molar-refractivity contribution is 0.102. The van der Waals surface area contributed by atoms with Gasteiger partial charge in [-0.1, -0.05) is 74.8 Å². The Morgan fingerprint density at radius 3 is 2.23 bits per heavy atom. The molecular formula is C30H25BrN6O3. The zero-order chi connectivity index (χ0) is 28.2. The van der Waals surface area contributed by atoms with Gasteiger partial charge in [0.25, 0.3) is 5.91 Å². The first-order chi connectivity index (χ1) is 19.4. The van der Waals surface area contributed by atoms with Crippen molar-refractivity contribution in [2.75, 3.05) is 5.32 Å². The Morgan fingerprint density at radius 1 is 0.825 bits per heavy atom. The summed E-state index contributed by atoms with van der Waals surface area (Å²) < 4.78 is 3.01. The average Bonchev–Trinajstić information content (AvgIpc) is 3.34. The van der Waals surface area contributed by atoms with E-state index in [1.54, 1.807) is 30.3 Å². The summed E-state index contributed by atoms with van der Waals surface area (Å²) in [5.74, 6) is -0.352. The second kappa shape index (κ2) is 11.3. The number of carbonyl (C=O) groups is 1. The highest BCUT2D eigenvalue weighted by Gasteiger charge is 2.17. The summed E-state index contributed by atoms with van der Waals surface area (Å²) in [6.07, 6.45) is 1.84. The van der Waals surface area contributed by atoms with Crippen LogP contribution in [0.4, 0.5) is 5.69 Å². The summed E-state index contributed by atoms with van der Waals surface area (Å²) in [6.45, 7) is 0.556. The van der Waals surface area contributed by atoms with E-state index >= 15 is 0 Å². The molecule has 5 aromatic rings. The number of hydrogen-bond acceptors (Lipinski definition) is 5. The zero-order valence-electron chi connectivity index (χ0n) is 21.1. The largest absolute Gasteiger partial charge is 0.409 e. The Labute approximate surface area is 238 Å². The lowest BCUT2D eigenvalue weighted by Crippen LogP contribution is -2.15. The fourth-order valence-electron chi connectivity index (χ4n) is 4.55. The lowest BCUT2D eigenvalue weighted by atomic mass is 10.00. The highest BCUT2D eigenvalue weighted by atomic mass is 79.9. The van der Waals surface area contributed by atoms with Gasteiger partial charge in [-0.3, -0.25) is 4.79 Å². The standard InChI is InChI=1S/C30H25BrN6O3/c31-23-8-1-4-18(12-23)16-37-17-26(30(38)34-24-9-3-7-22(14-24)29(33)36-40)25-15-20(10-11-27(25)37)19-5-2-6-21(13-19)28(32)35-39/h1-15,17,39-40H,16H2,(H2,32,35)(H2,33,36)(H,34,38). The van der Waals surface area contributed by atoms with Gasteiger partial charge >= 0.3 is 0 Å². The average molecular weight is 597 g/mol. The molecule has 0 radical (unpaired) electrons. The van der Waals surface area contributed by atoms with Gasteiger partial charge in [-0.2, -0.15) is 0 Å². The third-order valence-electron chi connectivity index (χ3n) is 6.49. The van der Waals surface area contributed by atoms with Crippen LogP contribution in [0.3, 0.4) is 0 Å². The third kappa shape index (κ3) is 5.52. The summed E-state index contributed by atoms with van der Waals surface area (Å²) in [5.41, 5.74) is 17.2. The van der Waals surface area contributed by atoms with Crippen molar-refractivity contribution in [3.8, 4) is 11.1 Å². The van der Waals surface area contributed by atoms with Crippen LogP contribution in [0.25, 0.3) is 22.0 Å². The zero-order valence-corrected chi connectivity index (χ0v) is 22.7. The number of halogens is 1. The SMILES string of the molecule is N/C(=N\O)c1cccc(NC(=O)c2cn(Cc3cccc(Br)c3)c3ccc(-c4cccc(/C(N)=N/O)c4)cc23)c1. The molecule has 1 amide bonds. The maximum absolute atomic E-state index is 13.6. The highest BCUT2D eigenvalue weighted by Crippen LogP contribution is 2.30. The number of nitrogens with one attached hydrogen (secondary N) is 1. The molecule has 0 saturated carbocycles. The molecule has 10 heteroatoms. The van der Waals surface area contributed by atoms with E-state index in [0.29, 0.717) is 28.9 Å². The molecule has 0 unspecified atom stereocenters. The van der Waals surface area contributed by atoms with Crippen LogP contribution in [0.1, 0.15) is 27.0 Å². The van der Waals surface area contributed by atoms with Crippen molar-refractivity contribution in [1.82, 2.24) is 4.57 Å². The van der Waals surface area contributed by atoms with Gasteiger partial charge in [-0.05, 0) is 59.2 Å². The highest BCUT2D eigenvalue weighted by molar-refractivity contribution is 9.10. The van der Waals surface area contributed by atoms with E-state index in [2.05, 4.69) is 31.6 Å². The van der Waals surface area contributed by atoms with E-state index in [4.69, 9.17) is 21.9 Å². The van der Waals surface area contributed by atoms with Crippen molar-refractivity contribution in [2.24, 2.45) is 21.8 Å². The van der Waals surface area contributed by atoms with Crippen molar-refractivity contribution in [3.63, 3.8) is 0 Å². The molecular weight excluding hydrogens is 572 g/mol. The van der Waals surface area contributed by atoms with Crippen LogP contribution in [-0.2, 0) is 6.54 Å². The molecule has 200 valence electrons. The van der Waals surface area contributed by atoms with E-state index in [0.717, 1.165) is 32.1 Å². The number of anilines is 1. The predicted octanol–water partition coefficient (Wildman–Crippen LogP) is 5.56. The molecule has 0 aliphatic carbocycles. The molecule has 0 atom stereocenters. The van der Waals surface area contributed by atoms with Crippen molar-refractivity contribution in [2.45, 2.75) is 6.54 Å². The van der Waals surface area contributed by atoms with Gasteiger partial charge in [0, 0.05) is 44.9 Å². The molecule has 0 spiro atoms. The van der Waals surface area contributed by atoms with E-state index < -0.39 is 0 Å². The fourth-order valence-corrected chi connectivity index (χ4v) is 5.00. The molecule has 1 heterocycles. The number of oxime groups is 2. The van der Waals surface area contributed by atoms with E-state index in [9.17, 15) is 4.79 Å². The van der Waals surface area contributed by atoms with Gasteiger partial charge in [0.15, 0.2) is 11.7 Å². The Balaban J connectivity index is 1.59. The Bertz CT molecular complexity index is 1790.